The maximum Gasteiger partial charge on any atom is 0.323 e. The van der Waals surface area contributed by atoms with Gasteiger partial charge in [-0.2, -0.15) is 4.98 Å². The first-order chi connectivity index (χ1) is 13.1. The smallest absolute Gasteiger partial charge is 0.323 e. The molecule has 3 rings (SSSR count). The molecule has 3 aromatic rings. The summed E-state index contributed by atoms with van der Waals surface area (Å²) in [7, 11) is 0. The van der Waals surface area contributed by atoms with Crippen LogP contribution in [0.2, 0.25) is 0 Å². The molecular weight excluding hydrogens is 366 g/mol. The molecule has 0 aliphatic rings. The summed E-state index contributed by atoms with van der Waals surface area (Å²) in [5.41, 5.74) is 0.893. The highest BCUT2D eigenvalue weighted by Gasteiger charge is 2.17. The second-order valence-corrected chi connectivity index (χ2v) is 6.92. The third kappa shape index (κ3) is 5.49. The van der Waals surface area contributed by atoms with Crippen LogP contribution in [0.5, 0.6) is 0 Å². The second-order valence-electron chi connectivity index (χ2n) is 5.97. The Bertz CT molecular complexity index is 878. The summed E-state index contributed by atoms with van der Waals surface area (Å²) in [4.78, 5) is 30.2. The van der Waals surface area contributed by atoms with Gasteiger partial charge >= 0.3 is 5.97 Å². The Balaban J connectivity index is 1.53. The fourth-order valence-corrected chi connectivity index (χ4v) is 3.26. The monoisotopic (exact) mass is 385 g/mol. The van der Waals surface area contributed by atoms with Crippen LogP contribution in [0.25, 0.3) is 10.7 Å². The number of rotatable bonds is 9. The lowest BCUT2D eigenvalue weighted by atomic mass is 10.1. The standard InChI is InChI=1S/C19H19N3O4S/c23-17(22(13-18(24)25)12-14-6-2-1-3-7-14)10-4-9-16-20-19(21-26-16)15-8-5-11-27-15/h1-3,5-8,11H,4,9-10,12-13H2,(H,24,25). The molecule has 0 saturated carbocycles. The van der Waals surface area contributed by atoms with E-state index in [0.717, 1.165) is 10.4 Å². The minimum Gasteiger partial charge on any atom is -0.480 e. The normalized spacial score (nSPS) is 10.7. The zero-order chi connectivity index (χ0) is 19.1. The average Bonchev–Trinajstić information content (AvgIpc) is 3.33. The van der Waals surface area contributed by atoms with Crippen LogP contribution < -0.4 is 0 Å². The molecule has 0 bridgehead atoms. The van der Waals surface area contributed by atoms with Crippen molar-refractivity contribution in [2.45, 2.75) is 25.8 Å². The lowest BCUT2D eigenvalue weighted by Gasteiger charge is -2.20. The summed E-state index contributed by atoms with van der Waals surface area (Å²) in [6.45, 7) is -0.0497. The van der Waals surface area contributed by atoms with Crippen LogP contribution in [0.3, 0.4) is 0 Å². The van der Waals surface area contributed by atoms with Gasteiger partial charge in [0.1, 0.15) is 6.54 Å². The highest BCUT2D eigenvalue weighted by molar-refractivity contribution is 7.13. The molecule has 0 unspecified atom stereocenters. The lowest BCUT2D eigenvalue weighted by molar-refractivity contribution is -0.145. The van der Waals surface area contributed by atoms with Gasteiger partial charge in [0.25, 0.3) is 0 Å². The van der Waals surface area contributed by atoms with Crippen molar-refractivity contribution in [3.8, 4) is 10.7 Å². The summed E-state index contributed by atoms with van der Waals surface area (Å²) in [6, 6.07) is 13.2. The van der Waals surface area contributed by atoms with E-state index in [4.69, 9.17) is 9.63 Å². The summed E-state index contributed by atoms with van der Waals surface area (Å²) in [5.74, 6) is -0.224. The number of thiophene rings is 1. The van der Waals surface area contributed by atoms with Crippen LogP contribution in [-0.4, -0.2) is 38.6 Å². The molecule has 2 aromatic heterocycles. The second kappa shape index (κ2) is 9.09. The SMILES string of the molecule is O=C(O)CN(Cc1ccccc1)C(=O)CCCc1nc(-c2cccs2)no1. The molecule has 1 N–H and O–H groups in total. The molecular formula is C19H19N3O4S. The predicted molar refractivity (Wildman–Crippen MR) is 100 cm³/mol. The first kappa shape index (κ1) is 18.8. The largest absolute Gasteiger partial charge is 0.480 e. The Morgan fingerprint density at radius 2 is 1.96 bits per heavy atom. The number of amides is 1. The van der Waals surface area contributed by atoms with Crippen LogP contribution in [-0.2, 0) is 22.6 Å². The summed E-state index contributed by atoms with van der Waals surface area (Å²) in [6.07, 6.45) is 1.20. The third-order valence-corrected chi connectivity index (χ3v) is 4.75. The van der Waals surface area contributed by atoms with E-state index in [1.54, 1.807) is 0 Å². The molecule has 7 nitrogen and oxygen atoms in total. The van der Waals surface area contributed by atoms with E-state index in [1.165, 1.54) is 16.2 Å². The van der Waals surface area contributed by atoms with Crippen molar-refractivity contribution >= 4 is 23.2 Å². The minimum absolute atomic E-state index is 0.209. The molecule has 27 heavy (non-hydrogen) atoms. The number of aromatic nitrogens is 2. The quantitative estimate of drug-likeness (QED) is 0.607. The maximum absolute atomic E-state index is 12.5. The molecule has 0 fully saturated rings. The van der Waals surface area contributed by atoms with Crippen molar-refractivity contribution in [2.75, 3.05) is 6.54 Å². The van der Waals surface area contributed by atoms with Gasteiger partial charge in [-0.1, -0.05) is 41.6 Å². The van der Waals surface area contributed by atoms with Gasteiger partial charge in [0, 0.05) is 19.4 Å². The number of carboxylic acid groups (broad SMARTS) is 1. The first-order valence-corrected chi connectivity index (χ1v) is 9.40. The van der Waals surface area contributed by atoms with E-state index in [2.05, 4.69) is 10.1 Å². The zero-order valence-electron chi connectivity index (χ0n) is 14.6. The van der Waals surface area contributed by atoms with Gasteiger partial charge in [-0.3, -0.25) is 9.59 Å². The first-order valence-electron chi connectivity index (χ1n) is 8.52. The van der Waals surface area contributed by atoms with Crippen molar-refractivity contribution in [1.29, 1.82) is 0 Å². The fourth-order valence-electron chi connectivity index (χ4n) is 2.61. The van der Waals surface area contributed by atoms with Crippen molar-refractivity contribution in [1.82, 2.24) is 15.0 Å². The Morgan fingerprint density at radius 3 is 2.67 bits per heavy atom. The van der Waals surface area contributed by atoms with E-state index in [0.29, 0.717) is 24.6 Å². The Morgan fingerprint density at radius 1 is 1.15 bits per heavy atom. The Labute approximate surface area is 160 Å². The highest BCUT2D eigenvalue weighted by atomic mass is 32.1. The van der Waals surface area contributed by atoms with Crippen molar-refractivity contribution in [3.63, 3.8) is 0 Å². The number of benzene rings is 1. The fraction of sp³-hybridized carbons (Fsp3) is 0.263. The number of carboxylic acids is 1. The molecule has 2 heterocycles. The number of carbonyl (C=O) groups is 2. The minimum atomic E-state index is -1.03. The van der Waals surface area contributed by atoms with Crippen molar-refractivity contribution in [2.24, 2.45) is 0 Å². The van der Waals surface area contributed by atoms with E-state index in [9.17, 15) is 9.59 Å². The van der Waals surface area contributed by atoms with Crippen LogP contribution >= 0.6 is 11.3 Å². The molecule has 0 saturated heterocycles. The molecule has 0 spiro atoms. The van der Waals surface area contributed by atoms with Gasteiger partial charge < -0.3 is 14.5 Å². The summed E-state index contributed by atoms with van der Waals surface area (Å²) in [5, 5.41) is 15.0. The van der Waals surface area contributed by atoms with Gasteiger partial charge in [-0.25, -0.2) is 0 Å². The third-order valence-electron chi connectivity index (χ3n) is 3.89. The van der Waals surface area contributed by atoms with Crippen molar-refractivity contribution in [3.05, 3.63) is 59.3 Å². The molecule has 0 atom stereocenters. The van der Waals surface area contributed by atoms with E-state index in [1.807, 2.05) is 47.8 Å². The zero-order valence-corrected chi connectivity index (χ0v) is 15.4. The van der Waals surface area contributed by atoms with Gasteiger partial charge in [-0.15, -0.1) is 11.3 Å². The lowest BCUT2D eigenvalue weighted by Crippen LogP contribution is -2.35. The molecule has 0 radical (unpaired) electrons. The Hall–Kier alpha value is -3.00. The van der Waals surface area contributed by atoms with Crippen LogP contribution in [0.4, 0.5) is 0 Å². The molecule has 1 amide bonds. The number of aryl methyl sites for hydroxylation is 1. The van der Waals surface area contributed by atoms with Gasteiger partial charge in [0.05, 0.1) is 4.88 Å². The topological polar surface area (TPSA) is 96.5 Å². The molecule has 1 aromatic carbocycles. The van der Waals surface area contributed by atoms with Crippen LogP contribution in [0, 0.1) is 0 Å². The van der Waals surface area contributed by atoms with E-state index in [-0.39, 0.29) is 25.4 Å². The van der Waals surface area contributed by atoms with E-state index >= 15 is 0 Å². The van der Waals surface area contributed by atoms with Crippen LogP contribution in [0.15, 0.2) is 52.4 Å². The summed E-state index contributed by atoms with van der Waals surface area (Å²) < 4.78 is 5.22. The Kier molecular flexibility index (Phi) is 6.32. The number of nitrogens with zero attached hydrogens (tertiary/aromatic N) is 3. The molecule has 140 valence electrons. The number of hydrogen-bond donors (Lipinski definition) is 1. The predicted octanol–water partition coefficient (Wildman–Crippen LogP) is 3.23. The average molecular weight is 385 g/mol. The molecule has 0 aliphatic carbocycles. The number of carbonyl (C=O) groups excluding carboxylic acids is 1. The van der Waals surface area contributed by atoms with E-state index < -0.39 is 5.97 Å². The van der Waals surface area contributed by atoms with Gasteiger partial charge in [-0.05, 0) is 23.4 Å². The summed E-state index contributed by atoms with van der Waals surface area (Å²) >= 11 is 1.53. The number of aliphatic carboxylic acids is 1. The number of hydrogen-bond acceptors (Lipinski definition) is 6. The highest BCUT2D eigenvalue weighted by Crippen LogP contribution is 2.21. The molecule has 0 aliphatic heterocycles. The molecule has 8 heteroatoms. The van der Waals surface area contributed by atoms with Crippen molar-refractivity contribution < 1.29 is 19.2 Å². The van der Waals surface area contributed by atoms with Gasteiger partial charge in [0.2, 0.25) is 17.6 Å². The van der Waals surface area contributed by atoms with Gasteiger partial charge in [0.15, 0.2) is 0 Å². The maximum atomic E-state index is 12.5. The van der Waals surface area contributed by atoms with Crippen LogP contribution in [0.1, 0.15) is 24.3 Å².